The average Bonchev–Trinajstić information content (AvgIpc) is 3.35. The molecule has 1 fully saturated rings. The Morgan fingerprint density at radius 2 is 1.88 bits per heavy atom. The van der Waals surface area contributed by atoms with Gasteiger partial charge in [-0.05, 0) is 55.3 Å². The smallest absolute Gasteiger partial charge is 0.329 e. The minimum Gasteiger partial charge on any atom is -0.338 e. The standard InChI is InChI=1S/C23H20FN5O3/c24-16-5-6-20-19(14-16)22(31)29(23(32)26-20)17-7-11-27(12-8-17)21(30)15-3-1-4-18(13-15)28-10-2-9-25-28/h1-6,9-10,13-14,17H,7-8,11-12H2,(H,26,32). The van der Waals surface area contributed by atoms with Gasteiger partial charge in [0.15, 0.2) is 0 Å². The molecule has 1 N–H and O–H groups in total. The average molecular weight is 433 g/mol. The molecule has 32 heavy (non-hydrogen) atoms. The van der Waals surface area contributed by atoms with Crippen LogP contribution in [0.5, 0.6) is 0 Å². The number of hydrogen-bond acceptors (Lipinski definition) is 4. The first kappa shape index (κ1) is 19.9. The molecule has 0 unspecified atom stereocenters. The van der Waals surface area contributed by atoms with Gasteiger partial charge < -0.3 is 9.88 Å². The number of rotatable bonds is 3. The number of carbonyl (C=O) groups excluding carboxylic acids is 1. The number of fused-ring (bicyclic) bond motifs is 1. The fourth-order valence-electron chi connectivity index (χ4n) is 4.24. The fraction of sp³-hybridized carbons (Fsp3) is 0.217. The van der Waals surface area contributed by atoms with E-state index in [0.717, 1.165) is 16.3 Å². The highest BCUT2D eigenvalue weighted by molar-refractivity contribution is 5.94. The van der Waals surface area contributed by atoms with Crippen molar-refractivity contribution in [2.45, 2.75) is 18.9 Å². The molecular weight excluding hydrogens is 413 g/mol. The molecule has 0 bridgehead atoms. The molecule has 1 amide bonds. The highest BCUT2D eigenvalue weighted by Crippen LogP contribution is 2.22. The van der Waals surface area contributed by atoms with Gasteiger partial charge in [0.1, 0.15) is 5.82 Å². The minimum atomic E-state index is -0.536. The summed E-state index contributed by atoms with van der Waals surface area (Å²) in [5.74, 6) is -0.648. The van der Waals surface area contributed by atoms with Crippen molar-refractivity contribution in [1.29, 1.82) is 0 Å². The van der Waals surface area contributed by atoms with E-state index in [4.69, 9.17) is 0 Å². The molecule has 0 spiro atoms. The summed E-state index contributed by atoms with van der Waals surface area (Å²) in [5.41, 5.74) is 0.609. The molecule has 0 saturated carbocycles. The predicted molar refractivity (Wildman–Crippen MR) is 117 cm³/mol. The first-order valence-electron chi connectivity index (χ1n) is 10.3. The van der Waals surface area contributed by atoms with Crippen molar-refractivity contribution in [1.82, 2.24) is 24.2 Å². The van der Waals surface area contributed by atoms with E-state index in [0.29, 0.717) is 37.0 Å². The highest BCUT2D eigenvalue weighted by atomic mass is 19.1. The highest BCUT2D eigenvalue weighted by Gasteiger charge is 2.27. The van der Waals surface area contributed by atoms with Crippen molar-refractivity contribution in [2.24, 2.45) is 0 Å². The van der Waals surface area contributed by atoms with E-state index in [2.05, 4.69) is 10.1 Å². The Labute approximate surface area is 181 Å². The molecule has 8 nitrogen and oxygen atoms in total. The Morgan fingerprint density at radius 3 is 2.62 bits per heavy atom. The lowest BCUT2D eigenvalue weighted by atomic mass is 10.0. The molecule has 0 radical (unpaired) electrons. The van der Waals surface area contributed by atoms with Crippen LogP contribution in [-0.2, 0) is 0 Å². The van der Waals surface area contributed by atoms with Crippen molar-refractivity contribution in [3.05, 3.63) is 93.1 Å². The molecule has 3 heterocycles. The lowest BCUT2D eigenvalue weighted by molar-refractivity contribution is 0.0692. The van der Waals surface area contributed by atoms with Crippen LogP contribution in [0.1, 0.15) is 29.2 Å². The van der Waals surface area contributed by atoms with Gasteiger partial charge in [0, 0.05) is 37.1 Å². The lowest BCUT2D eigenvalue weighted by Crippen LogP contribution is -2.45. The van der Waals surface area contributed by atoms with E-state index in [-0.39, 0.29) is 17.3 Å². The molecular formula is C23H20FN5O3. The molecule has 162 valence electrons. The number of hydrogen-bond donors (Lipinski definition) is 1. The number of piperidine rings is 1. The van der Waals surface area contributed by atoms with Gasteiger partial charge >= 0.3 is 5.69 Å². The van der Waals surface area contributed by atoms with E-state index in [1.807, 2.05) is 18.2 Å². The number of aromatic nitrogens is 4. The van der Waals surface area contributed by atoms with Crippen LogP contribution < -0.4 is 11.2 Å². The van der Waals surface area contributed by atoms with Crippen LogP contribution in [0.25, 0.3) is 16.6 Å². The van der Waals surface area contributed by atoms with Gasteiger partial charge in [0.05, 0.1) is 16.6 Å². The zero-order valence-electron chi connectivity index (χ0n) is 17.1. The van der Waals surface area contributed by atoms with Crippen molar-refractivity contribution < 1.29 is 9.18 Å². The largest absolute Gasteiger partial charge is 0.338 e. The normalized spacial score (nSPS) is 14.7. The summed E-state index contributed by atoms with van der Waals surface area (Å²) < 4.78 is 16.5. The van der Waals surface area contributed by atoms with Crippen LogP contribution in [0.2, 0.25) is 0 Å². The van der Waals surface area contributed by atoms with Crippen molar-refractivity contribution in [2.75, 3.05) is 13.1 Å². The van der Waals surface area contributed by atoms with Crippen molar-refractivity contribution >= 4 is 16.8 Å². The monoisotopic (exact) mass is 433 g/mol. The Kier molecular flexibility index (Phi) is 4.93. The van der Waals surface area contributed by atoms with E-state index in [1.165, 1.54) is 12.1 Å². The van der Waals surface area contributed by atoms with Gasteiger partial charge in [-0.2, -0.15) is 5.10 Å². The van der Waals surface area contributed by atoms with Gasteiger partial charge in [0.25, 0.3) is 11.5 Å². The summed E-state index contributed by atoms with van der Waals surface area (Å²) in [7, 11) is 0. The zero-order chi connectivity index (χ0) is 22.2. The van der Waals surface area contributed by atoms with Gasteiger partial charge in [-0.15, -0.1) is 0 Å². The van der Waals surface area contributed by atoms with Crippen LogP contribution in [0.15, 0.2) is 70.5 Å². The molecule has 9 heteroatoms. The first-order chi connectivity index (χ1) is 15.5. The van der Waals surface area contributed by atoms with Crippen LogP contribution >= 0.6 is 0 Å². The maximum atomic E-state index is 13.6. The third kappa shape index (κ3) is 3.51. The van der Waals surface area contributed by atoms with E-state index < -0.39 is 17.1 Å². The maximum absolute atomic E-state index is 13.6. The molecule has 1 saturated heterocycles. The number of carbonyl (C=O) groups is 1. The molecule has 2 aromatic heterocycles. The zero-order valence-corrected chi connectivity index (χ0v) is 17.1. The topological polar surface area (TPSA) is 93.0 Å². The molecule has 0 atom stereocenters. The molecule has 0 aliphatic carbocycles. The number of aromatic amines is 1. The first-order valence-corrected chi connectivity index (χ1v) is 10.3. The predicted octanol–water partition coefficient (Wildman–Crippen LogP) is 2.49. The maximum Gasteiger partial charge on any atom is 0.329 e. The number of H-pyrrole nitrogens is 1. The van der Waals surface area contributed by atoms with Crippen LogP contribution in [0, 0.1) is 5.82 Å². The Balaban J connectivity index is 1.36. The second-order valence-electron chi connectivity index (χ2n) is 7.82. The minimum absolute atomic E-state index is 0.112. The number of nitrogens with one attached hydrogen (secondary N) is 1. The number of amides is 1. The van der Waals surface area contributed by atoms with Crippen LogP contribution in [0.3, 0.4) is 0 Å². The van der Waals surface area contributed by atoms with E-state index >= 15 is 0 Å². The quantitative estimate of drug-likeness (QED) is 0.537. The fourth-order valence-corrected chi connectivity index (χ4v) is 4.24. The van der Waals surface area contributed by atoms with Gasteiger partial charge in [-0.25, -0.2) is 13.9 Å². The second-order valence-corrected chi connectivity index (χ2v) is 7.82. The Bertz CT molecular complexity index is 1420. The summed E-state index contributed by atoms with van der Waals surface area (Å²) >= 11 is 0. The van der Waals surface area contributed by atoms with Gasteiger partial charge in [0.2, 0.25) is 0 Å². The number of nitrogens with zero attached hydrogens (tertiary/aromatic N) is 4. The third-order valence-electron chi connectivity index (χ3n) is 5.87. The Hall–Kier alpha value is -4.01. The Morgan fingerprint density at radius 1 is 1.06 bits per heavy atom. The molecule has 1 aliphatic heterocycles. The summed E-state index contributed by atoms with van der Waals surface area (Å²) in [4.78, 5) is 42.8. The summed E-state index contributed by atoms with van der Waals surface area (Å²) in [5, 5.41) is 4.33. The summed E-state index contributed by atoms with van der Waals surface area (Å²) in [6, 6.07) is 12.4. The summed E-state index contributed by atoms with van der Waals surface area (Å²) in [6.45, 7) is 0.811. The number of benzene rings is 2. The van der Waals surface area contributed by atoms with Crippen molar-refractivity contribution in [3.8, 4) is 5.69 Å². The molecule has 1 aliphatic rings. The van der Waals surface area contributed by atoms with Crippen molar-refractivity contribution in [3.63, 3.8) is 0 Å². The SMILES string of the molecule is O=C(c1cccc(-n2cccn2)c1)N1CCC(n2c(=O)[nH]c3ccc(F)cc3c2=O)CC1. The second kappa shape index (κ2) is 7.92. The lowest BCUT2D eigenvalue weighted by Gasteiger charge is -2.32. The number of likely N-dealkylation sites (tertiary alicyclic amines) is 1. The third-order valence-corrected chi connectivity index (χ3v) is 5.87. The van der Waals surface area contributed by atoms with Crippen LogP contribution in [0.4, 0.5) is 4.39 Å². The van der Waals surface area contributed by atoms with E-state index in [1.54, 1.807) is 34.1 Å². The molecule has 4 aromatic rings. The van der Waals surface area contributed by atoms with Crippen LogP contribution in [-0.4, -0.2) is 43.2 Å². The van der Waals surface area contributed by atoms with Gasteiger partial charge in [-0.3, -0.25) is 14.2 Å². The summed E-state index contributed by atoms with van der Waals surface area (Å²) in [6.07, 6.45) is 4.38. The van der Waals surface area contributed by atoms with E-state index in [9.17, 15) is 18.8 Å². The van der Waals surface area contributed by atoms with Gasteiger partial charge in [-0.1, -0.05) is 6.07 Å². The molecule has 2 aromatic carbocycles. The number of halogens is 1. The molecule has 5 rings (SSSR count).